The van der Waals surface area contributed by atoms with Gasteiger partial charge in [0, 0.05) is 5.56 Å². The van der Waals surface area contributed by atoms with Crippen LogP contribution < -0.4 is 0 Å². The number of esters is 1. The quantitative estimate of drug-likeness (QED) is 0.655. The second kappa shape index (κ2) is 6.05. The molecule has 4 nitrogen and oxygen atoms in total. The van der Waals surface area contributed by atoms with Gasteiger partial charge in [0.1, 0.15) is 12.0 Å². The molecular formula is C15H16O4. The van der Waals surface area contributed by atoms with Crippen molar-refractivity contribution in [2.24, 2.45) is 0 Å². The zero-order valence-electron chi connectivity index (χ0n) is 11.2. The first-order valence-corrected chi connectivity index (χ1v) is 5.82. The Kier molecular flexibility index (Phi) is 4.71. The number of carbonyl (C=O) groups excluding carboxylic acids is 1. The topological polar surface area (TPSA) is 63.6 Å². The molecule has 0 bridgehead atoms. The van der Waals surface area contributed by atoms with Crippen LogP contribution in [0.15, 0.2) is 24.3 Å². The number of rotatable bonds is 2. The maximum Gasteiger partial charge on any atom is 0.339 e. The molecule has 0 amide bonds. The molecule has 0 aliphatic heterocycles. The van der Waals surface area contributed by atoms with Crippen molar-refractivity contribution in [2.75, 3.05) is 0 Å². The summed E-state index contributed by atoms with van der Waals surface area (Å²) in [7, 11) is 0. The molecule has 0 saturated heterocycles. The molecule has 0 heterocycles. The largest absolute Gasteiger partial charge is 0.481 e. The lowest BCUT2D eigenvalue weighted by Gasteiger charge is -2.19. The average molecular weight is 260 g/mol. The van der Waals surface area contributed by atoms with Crippen LogP contribution in [0.25, 0.3) is 0 Å². The first-order chi connectivity index (χ1) is 8.79. The zero-order valence-corrected chi connectivity index (χ0v) is 11.2. The fourth-order valence-electron chi connectivity index (χ4n) is 1.32. The number of aliphatic carboxylic acids is 1. The smallest absolute Gasteiger partial charge is 0.339 e. The minimum absolute atomic E-state index is 0.261. The second-order valence-corrected chi connectivity index (χ2v) is 4.92. The van der Waals surface area contributed by atoms with E-state index in [0.29, 0.717) is 11.1 Å². The van der Waals surface area contributed by atoms with Gasteiger partial charge >= 0.3 is 11.9 Å². The van der Waals surface area contributed by atoms with E-state index >= 15 is 0 Å². The van der Waals surface area contributed by atoms with Gasteiger partial charge in [0.05, 0.1) is 5.56 Å². The molecular weight excluding hydrogens is 244 g/mol. The summed E-state index contributed by atoms with van der Waals surface area (Å²) in [4.78, 5) is 22.4. The second-order valence-electron chi connectivity index (χ2n) is 4.92. The molecule has 0 unspecified atom stereocenters. The van der Waals surface area contributed by atoms with E-state index in [1.165, 1.54) is 0 Å². The Morgan fingerprint density at radius 2 is 1.89 bits per heavy atom. The van der Waals surface area contributed by atoms with Crippen molar-refractivity contribution >= 4 is 11.9 Å². The van der Waals surface area contributed by atoms with Crippen LogP contribution >= 0.6 is 0 Å². The van der Waals surface area contributed by atoms with E-state index in [-0.39, 0.29) is 6.42 Å². The molecule has 1 aromatic carbocycles. The highest BCUT2D eigenvalue weighted by molar-refractivity contribution is 5.92. The fourth-order valence-corrected chi connectivity index (χ4v) is 1.32. The van der Waals surface area contributed by atoms with E-state index in [4.69, 9.17) is 9.84 Å². The predicted octanol–water partition coefficient (Wildman–Crippen LogP) is 2.47. The molecule has 1 N–H and O–H groups in total. The third-order valence-corrected chi connectivity index (χ3v) is 2.01. The van der Waals surface area contributed by atoms with Crippen LogP contribution in [-0.4, -0.2) is 22.6 Å². The predicted molar refractivity (Wildman–Crippen MR) is 70.7 cm³/mol. The summed E-state index contributed by atoms with van der Waals surface area (Å²) < 4.78 is 5.27. The fraction of sp³-hybridized carbons (Fsp3) is 0.333. The summed E-state index contributed by atoms with van der Waals surface area (Å²) in [5.41, 5.74) is 0.229. The Morgan fingerprint density at radius 1 is 1.26 bits per heavy atom. The molecule has 0 aromatic heterocycles. The SMILES string of the molecule is CC(C)(C)OC(=O)c1ccccc1C#CCC(=O)O. The standard InChI is InChI=1S/C15H16O4/c1-15(2,3)19-14(18)12-9-5-4-7-11(12)8-6-10-13(16)17/h4-5,7,9H,10H2,1-3H3,(H,16,17). The van der Waals surface area contributed by atoms with Crippen molar-refractivity contribution in [3.8, 4) is 11.8 Å². The van der Waals surface area contributed by atoms with Crippen molar-refractivity contribution in [3.63, 3.8) is 0 Å². The van der Waals surface area contributed by atoms with Gasteiger partial charge in [-0.15, -0.1) is 0 Å². The Balaban J connectivity index is 2.98. The molecule has 1 aromatic rings. The van der Waals surface area contributed by atoms with E-state index < -0.39 is 17.5 Å². The molecule has 0 aliphatic rings. The van der Waals surface area contributed by atoms with Gasteiger partial charge in [-0.2, -0.15) is 0 Å². The van der Waals surface area contributed by atoms with Gasteiger partial charge in [0.2, 0.25) is 0 Å². The first kappa shape index (κ1) is 14.8. The van der Waals surface area contributed by atoms with Crippen LogP contribution in [0.1, 0.15) is 43.1 Å². The van der Waals surface area contributed by atoms with Crippen LogP contribution in [0.4, 0.5) is 0 Å². The molecule has 100 valence electrons. The van der Waals surface area contributed by atoms with Gasteiger partial charge < -0.3 is 9.84 Å². The van der Waals surface area contributed by atoms with E-state index in [1.54, 1.807) is 45.0 Å². The number of carboxylic acid groups (broad SMARTS) is 1. The molecule has 0 radical (unpaired) electrons. The summed E-state index contributed by atoms with van der Waals surface area (Å²) in [6.45, 7) is 5.34. The van der Waals surface area contributed by atoms with E-state index in [0.717, 1.165) is 0 Å². The summed E-state index contributed by atoms with van der Waals surface area (Å²) in [5, 5.41) is 8.53. The minimum Gasteiger partial charge on any atom is -0.481 e. The lowest BCUT2D eigenvalue weighted by molar-refractivity contribution is -0.135. The Hall–Kier alpha value is -2.28. The third-order valence-electron chi connectivity index (χ3n) is 2.01. The zero-order chi connectivity index (χ0) is 14.5. The van der Waals surface area contributed by atoms with Crippen LogP contribution in [0.5, 0.6) is 0 Å². The highest BCUT2D eigenvalue weighted by Gasteiger charge is 2.19. The van der Waals surface area contributed by atoms with Crippen molar-refractivity contribution in [1.82, 2.24) is 0 Å². The molecule has 0 atom stereocenters. The van der Waals surface area contributed by atoms with Gasteiger partial charge in [0.25, 0.3) is 0 Å². The molecule has 0 aliphatic carbocycles. The van der Waals surface area contributed by atoms with Gasteiger partial charge in [-0.25, -0.2) is 4.79 Å². The molecule has 0 fully saturated rings. The maximum atomic E-state index is 12.0. The average Bonchev–Trinajstić information content (AvgIpc) is 2.26. The highest BCUT2D eigenvalue weighted by Crippen LogP contribution is 2.14. The number of hydrogen-bond acceptors (Lipinski definition) is 3. The maximum absolute atomic E-state index is 12.0. The molecule has 0 spiro atoms. The molecule has 1 rings (SSSR count). The lowest BCUT2D eigenvalue weighted by atomic mass is 10.1. The normalized spacial score (nSPS) is 10.3. The molecule has 19 heavy (non-hydrogen) atoms. The van der Waals surface area contributed by atoms with E-state index in [9.17, 15) is 9.59 Å². The summed E-state index contributed by atoms with van der Waals surface area (Å²) in [5.74, 6) is 3.72. The summed E-state index contributed by atoms with van der Waals surface area (Å²) >= 11 is 0. The first-order valence-electron chi connectivity index (χ1n) is 5.82. The highest BCUT2D eigenvalue weighted by atomic mass is 16.6. The minimum atomic E-state index is -0.998. The number of benzene rings is 1. The van der Waals surface area contributed by atoms with Crippen LogP contribution in [0.3, 0.4) is 0 Å². The van der Waals surface area contributed by atoms with Gasteiger partial charge in [-0.3, -0.25) is 4.79 Å². The number of hydrogen-bond donors (Lipinski definition) is 1. The third kappa shape index (κ3) is 5.26. The lowest BCUT2D eigenvalue weighted by Crippen LogP contribution is -2.24. The van der Waals surface area contributed by atoms with Crippen molar-refractivity contribution in [1.29, 1.82) is 0 Å². The van der Waals surface area contributed by atoms with Crippen LogP contribution in [0.2, 0.25) is 0 Å². The van der Waals surface area contributed by atoms with Crippen LogP contribution in [-0.2, 0) is 9.53 Å². The van der Waals surface area contributed by atoms with E-state index in [1.807, 2.05) is 0 Å². The Bertz CT molecular complexity index is 541. The summed E-state index contributed by atoms with van der Waals surface area (Å²) in [6.07, 6.45) is -0.261. The van der Waals surface area contributed by atoms with E-state index in [2.05, 4.69) is 11.8 Å². The molecule has 0 saturated carbocycles. The monoisotopic (exact) mass is 260 g/mol. The Labute approximate surface area is 112 Å². The van der Waals surface area contributed by atoms with Crippen molar-refractivity contribution < 1.29 is 19.4 Å². The summed E-state index contributed by atoms with van der Waals surface area (Å²) in [6, 6.07) is 6.72. The Morgan fingerprint density at radius 3 is 2.47 bits per heavy atom. The van der Waals surface area contributed by atoms with Crippen molar-refractivity contribution in [3.05, 3.63) is 35.4 Å². The van der Waals surface area contributed by atoms with Gasteiger partial charge in [0.15, 0.2) is 0 Å². The van der Waals surface area contributed by atoms with Crippen LogP contribution in [0, 0.1) is 11.8 Å². The molecule has 4 heteroatoms. The number of carboxylic acids is 1. The van der Waals surface area contributed by atoms with Gasteiger partial charge in [-0.05, 0) is 32.9 Å². The van der Waals surface area contributed by atoms with Gasteiger partial charge in [-0.1, -0.05) is 24.0 Å². The van der Waals surface area contributed by atoms with Crippen molar-refractivity contribution in [2.45, 2.75) is 32.8 Å². The number of carbonyl (C=O) groups is 2. The number of ether oxygens (including phenoxy) is 1.